The molecule has 24 heavy (non-hydrogen) atoms. The summed E-state index contributed by atoms with van der Waals surface area (Å²) in [5.74, 6) is 0.683. The van der Waals surface area contributed by atoms with Crippen LogP contribution in [-0.2, 0) is 11.4 Å². The van der Waals surface area contributed by atoms with Gasteiger partial charge in [-0.25, -0.2) is 0 Å². The molecule has 124 valence electrons. The molecule has 0 spiro atoms. The van der Waals surface area contributed by atoms with Gasteiger partial charge in [0, 0.05) is 23.7 Å². The smallest absolute Gasteiger partial charge is 0.303 e. The molecule has 1 aromatic heterocycles. The summed E-state index contributed by atoms with van der Waals surface area (Å²) >= 11 is 0. The molecule has 0 saturated heterocycles. The van der Waals surface area contributed by atoms with Crippen LogP contribution in [0.5, 0.6) is 11.5 Å². The van der Waals surface area contributed by atoms with Crippen LogP contribution in [0.15, 0.2) is 42.6 Å². The van der Waals surface area contributed by atoms with E-state index in [4.69, 9.17) is 14.6 Å². The molecular weight excluding hydrogens is 306 g/mol. The van der Waals surface area contributed by atoms with Gasteiger partial charge in [-0.05, 0) is 43.2 Å². The number of pyridine rings is 1. The highest BCUT2D eigenvalue weighted by Crippen LogP contribution is 2.38. The zero-order chi connectivity index (χ0) is 16.9. The third-order valence-corrected chi connectivity index (χ3v) is 3.88. The van der Waals surface area contributed by atoms with Crippen molar-refractivity contribution in [1.29, 1.82) is 0 Å². The van der Waals surface area contributed by atoms with E-state index in [2.05, 4.69) is 4.98 Å². The average Bonchev–Trinajstić information content (AvgIpc) is 2.74. The lowest BCUT2D eigenvalue weighted by Gasteiger charge is -2.12. The summed E-state index contributed by atoms with van der Waals surface area (Å²) in [4.78, 5) is 15.0. The molecule has 1 aliphatic rings. The minimum atomic E-state index is -0.811. The van der Waals surface area contributed by atoms with Crippen molar-refractivity contribution < 1.29 is 19.4 Å². The van der Waals surface area contributed by atoms with Crippen LogP contribution in [-0.4, -0.2) is 22.7 Å². The molecule has 1 aromatic carbocycles. The van der Waals surface area contributed by atoms with Gasteiger partial charge in [0.1, 0.15) is 18.1 Å². The van der Waals surface area contributed by atoms with E-state index in [1.165, 1.54) is 0 Å². The van der Waals surface area contributed by atoms with E-state index in [9.17, 15) is 4.79 Å². The van der Waals surface area contributed by atoms with E-state index in [0.29, 0.717) is 25.4 Å². The van der Waals surface area contributed by atoms with Crippen LogP contribution in [0.2, 0.25) is 0 Å². The molecule has 0 unspecified atom stereocenters. The second-order valence-corrected chi connectivity index (χ2v) is 5.49. The number of carbonyl (C=O) groups is 1. The lowest BCUT2D eigenvalue weighted by molar-refractivity contribution is -0.137. The average molecular weight is 325 g/mol. The number of rotatable bonds is 5. The van der Waals surface area contributed by atoms with Crippen LogP contribution in [0.1, 0.15) is 36.6 Å². The molecule has 3 rings (SSSR count). The van der Waals surface area contributed by atoms with Gasteiger partial charge in [0.05, 0.1) is 12.3 Å². The number of hydrogen-bond acceptors (Lipinski definition) is 4. The third-order valence-electron chi connectivity index (χ3n) is 3.88. The maximum atomic E-state index is 10.6. The van der Waals surface area contributed by atoms with Crippen molar-refractivity contribution in [2.24, 2.45) is 0 Å². The van der Waals surface area contributed by atoms with Crippen molar-refractivity contribution in [3.8, 4) is 11.5 Å². The number of ether oxygens (including phenoxy) is 2. The number of fused-ring (bicyclic) bond motifs is 2. The highest BCUT2D eigenvalue weighted by atomic mass is 16.5. The Bertz CT molecular complexity index is 783. The fraction of sp³-hybridized carbons (Fsp3) is 0.263. The summed E-state index contributed by atoms with van der Waals surface area (Å²) in [5.41, 5.74) is 3.98. The summed E-state index contributed by atoms with van der Waals surface area (Å²) in [5, 5.41) is 8.67. The van der Waals surface area contributed by atoms with Gasteiger partial charge < -0.3 is 14.6 Å². The standard InChI is InChI=1S/C19H19NO4/c1-2-14-15-5-3-9-20-17(15)12-24-18-8-7-13(11-16(14)18)23-10-4-6-19(21)22/h2-3,5,7-9,11H,4,6,10,12H2,1H3,(H,21,22)/b14-2+. The van der Waals surface area contributed by atoms with Gasteiger partial charge in [-0.15, -0.1) is 0 Å². The van der Waals surface area contributed by atoms with Gasteiger partial charge in [-0.1, -0.05) is 12.1 Å². The Labute approximate surface area is 140 Å². The van der Waals surface area contributed by atoms with Crippen molar-refractivity contribution in [2.75, 3.05) is 6.61 Å². The molecule has 0 amide bonds. The molecular formula is C19H19NO4. The minimum absolute atomic E-state index is 0.104. The number of aliphatic carboxylic acids is 1. The van der Waals surface area contributed by atoms with E-state index in [-0.39, 0.29) is 6.42 Å². The Morgan fingerprint density at radius 2 is 2.25 bits per heavy atom. The van der Waals surface area contributed by atoms with E-state index in [1.807, 2.05) is 43.3 Å². The Morgan fingerprint density at radius 1 is 1.38 bits per heavy atom. The normalized spacial score (nSPS) is 14.3. The minimum Gasteiger partial charge on any atom is -0.494 e. The van der Waals surface area contributed by atoms with Crippen LogP contribution in [0.3, 0.4) is 0 Å². The largest absolute Gasteiger partial charge is 0.494 e. The van der Waals surface area contributed by atoms with Crippen molar-refractivity contribution in [1.82, 2.24) is 4.98 Å². The number of aromatic nitrogens is 1. The molecule has 2 heterocycles. The quantitative estimate of drug-likeness (QED) is 0.850. The van der Waals surface area contributed by atoms with Crippen molar-refractivity contribution in [2.45, 2.75) is 26.4 Å². The first-order valence-electron chi connectivity index (χ1n) is 7.91. The molecule has 5 nitrogen and oxygen atoms in total. The van der Waals surface area contributed by atoms with Gasteiger partial charge in [-0.3, -0.25) is 9.78 Å². The first kappa shape index (κ1) is 16.1. The second-order valence-electron chi connectivity index (χ2n) is 5.49. The van der Waals surface area contributed by atoms with Crippen LogP contribution < -0.4 is 9.47 Å². The first-order chi connectivity index (χ1) is 11.7. The molecule has 0 aliphatic carbocycles. The molecule has 0 atom stereocenters. The monoisotopic (exact) mass is 325 g/mol. The molecule has 0 radical (unpaired) electrons. The lowest BCUT2D eigenvalue weighted by atomic mass is 9.96. The summed E-state index contributed by atoms with van der Waals surface area (Å²) < 4.78 is 11.6. The highest BCUT2D eigenvalue weighted by Gasteiger charge is 2.19. The maximum Gasteiger partial charge on any atom is 0.303 e. The van der Waals surface area contributed by atoms with Crippen molar-refractivity contribution >= 4 is 11.5 Å². The molecule has 0 bridgehead atoms. The Morgan fingerprint density at radius 3 is 3.04 bits per heavy atom. The molecule has 0 fully saturated rings. The van der Waals surface area contributed by atoms with Crippen LogP contribution in [0, 0.1) is 0 Å². The number of nitrogens with zero attached hydrogens (tertiary/aromatic N) is 1. The van der Waals surface area contributed by atoms with Crippen molar-refractivity contribution in [3.05, 3.63) is 59.4 Å². The summed E-state index contributed by atoms with van der Waals surface area (Å²) in [6, 6.07) is 9.62. The second kappa shape index (κ2) is 7.17. The van der Waals surface area contributed by atoms with Crippen molar-refractivity contribution in [3.63, 3.8) is 0 Å². The van der Waals surface area contributed by atoms with E-state index >= 15 is 0 Å². The molecule has 2 aromatic rings. The SMILES string of the molecule is C/C=C1/c2cc(OCCCC(=O)O)ccc2OCc2ncccc21. The highest BCUT2D eigenvalue weighted by molar-refractivity contribution is 5.84. The maximum absolute atomic E-state index is 10.6. The predicted octanol–water partition coefficient (Wildman–Crippen LogP) is 3.67. The summed E-state index contributed by atoms with van der Waals surface area (Å²) in [6.07, 6.45) is 4.39. The van der Waals surface area contributed by atoms with Gasteiger partial charge in [0.25, 0.3) is 0 Å². The van der Waals surface area contributed by atoms with E-state index in [1.54, 1.807) is 6.20 Å². The summed E-state index contributed by atoms with van der Waals surface area (Å²) in [7, 11) is 0. The van der Waals surface area contributed by atoms with Crippen LogP contribution in [0.25, 0.3) is 5.57 Å². The fourth-order valence-corrected chi connectivity index (χ4v) is 2.75. The Kier molecular flexibility index (Phi) is 4.79. The number of hydrogen-bond donors (Lipinski definition) is 1. The molecule has 5 heteroatoms. The first-order valence-corrected chi connectivity index (χ1v) is 7.91. The van der Waals surface area contributed by atoms with Crippen LogP contribution in [0.4, 0.5) is 0 Å². The third kappa shape index (κ3) is 3.40. The number of benzene rings is 1. The Hall–Kier alpha value is -2.82. The van der Waals surface area contributed by atoms with Gasteiger partial charge in [0.2, 0.25) is 0 Å². The summed E-state index contributed by atoms with van der Waals surface area (Å²) in [6.45, 7) is 2.79. The van der Waals surface area contributed by atoms with Gasteiger partial charge >= 0.3 is 5.97 Å². The zero-order valence-electron chi connectivity index (χ0n) is 13.5. The topological polar surface area (TPSA) is 68.7 Å². The van der Waals surface area contributed by atoms with E-state index in [0.717, 1.165) is 28.1 Å². The van der Waals surface area contributed by atoms with Gasteiger partial charge in [0.15, 0.2) is 0 Å². The van der Waals surface area contributed by atoms with Crippen LogP contribution >= 0.6 is 0 Å². The molecule has 1 aliphatic heterocycles. The number of carboxylic acids is 1. The van der Waals surface area contributed by atoms with E-state index < -0.39 is 5.97 Å². The number of carboxylic acid groups (broad SMARTS) is 1. The fourth-order valence-electron chi connectivity index (χ4n) is 2.75. The predicted molar refractivity (Wildman–Crippen MR) is 90.1 cm³/mol. The Balaban J connectivity index is 1.86. The number of allylic oxidation sites excluding steroid dienone is 1. The lowest BCUT2D eigenvalue weighted by Crippen LogP contribution is -2.02. The molecule has 1 N–H and O–H groups in total. The van der Waals surface area contributed by atoms with Gasteiger partial charge in [-0.2, -0.15) is 0 Å². The zero-order valence-corrected chi connectivity index (χ0v) is 13.5. The molecule has 0 saturated carbocycles.